The summed E-state index contributed by atoms with van der Waals surface area (Å²) in [6, 6.07) is 12.7. The van der Waals surface area contributed by atoms with Crippen LogP contribution in [0.2, 0.25) is 0 Å². The number of amides is 1. The van der Waals surface area contributed by atoms with Gasteiger partial charge in [-0.15, -0.1) is 0 Å². The maximum Gasteiger partial charge on any atom is 0.255 e. The predicted molar refractivity (Wildman–Crippen MR) is 132 cm³/mol. The lowest BCUT2D eigenvalue weighted by Gasteiger charge is -2.34. The molecule has 8 heteroatoms. The minimum absolute atomic E-state index is 0.179. The van der Waals surface area contributed by atoms with Crippen LogP contribution in [0.25, 0.3) is 0 Å². The van der Waals surface area contributed by atoms with E-state index in [0.29, 0.717) is 30.3 Å². The second-order valence-corrected chi connectivity index (χ2v) is 11.3. The van der Waals surface area contributed by atoms with Crippen molar-refractivity contribution in [3.63, 3.8) is 0 Å². The van der Waals surface area contributed by atoms with Gasteiger partial charge in [-0.1, -0.05) is 13.0 Å². The number of nitrogens with zero attached hydrogens (tertiary/aromatic N) is 3. The molecule has 2 fully saturated rings. The van der Waals surface area contributed by atoms with Crippen molar-refractivity contribution >= 4 is 27.3 Å². The molecule has 0 bridgehead atoms. The van der Waals surface area contributed by atoms with E-state index in [1.54, 1.807) is 12.1 Å². The number of likely N-dealkylation sites (N-methyl/N-ethyl adjacent to an activating group) is 1. The fraction of sp³-hybridized carbons (Fsp3) is 0.480. The molecule has 1 amide bonds. The molecule has 0 saturated carbocycles. The van der Waals surface area contributed by atoms with Crippen LogP contribution in [0, 0.1) is 12.8 Å². The average Bonchev–Trinajstić information content (AvgIpc) is 2.80. The molecule has 2 aromatic rings. The van der Waals surface area contributed by atoms with E-state index < -0.39 is 10.0 Å². The first-order valence-corrected chi connectivity index (χ1v) is 13.1. The number of rotatable bonds is 5. The summed E-state index contributed by atoms with van der Waals surface area (Å²) in [5.41, 5.74) is 2.95. The van der Waals surface area contributed by atoms with Gasteiger partial charge in [0.15, 0.2) is 0 Å². The van der Waals surface area contributed by atoms with Crippen LogP contribution in [-0.2, 0) is 10.0 Å². The fourth-order valence-corrected chi connectivity index (χ4v) is 5.90. The van der Waals surface area contributed by atoms with Crippen molar-refractivity contribution in [1.82, 2.24) is 9.21 Å². The third-order valence-corrected chi connectivity index (χ3v) is 8.72. The van der Waals surface area contributed by atoms with Gasteiger partial charge >= 0.3 is 0 Å². The lowest BCUT2D eigenvalue weighted by atomic mass is 10.0. The van der Waals surface area contributed by atoms with E-state index in [-0.39, 0.29) is 10.8 Å². The highest BCUT2D eigenvalue weighted by atomic mass is 32.2. The monoisotopic (exact) mass is 470 g/mol. The average molecular weight is 471 g/mol. The summed E-state index contributed by atoms with van der Waals surface area (Å²) in [6.07, 6.45) is 1.73. The maximum atomic E-state index is 13.1. The van der Waals surface area contributed by atoms with E-state index in [1.807, 2.05) is 31.2 Å². The van der Waals surface area contributed by atoms with Crippen LogP contribution in [0.5, 0.6) is 0 Å². The largest absolute Gasteiger partial charge is 0.369 e. The number of nitrogens with one attached hydrogen (secondary N) is 1. The summed E-state index contributed by atoms with van der Waals surface area (Å²) in [5.74, 6) is 0.239. The minimum Gasteiger partial charge on any atom is -0.369 e. The van der Waals surface area contributed by atoms with Crippen LogP contribution in [0.1, 0.15) is 35.7 Å². The van der Waals surface area contributed by atoms with Gasteiger partial charge < -0.3 is 15.1 Å². The Morgan fingerprint density at radius 2 is 1.58 bits per heavy atom. The maximum absolute atomic E-state index is 13.1. The quantitative estimate of drug-likeness (QED) is 0.725. The zero-order valence-electron chi connectivity index (χ0n) is 19.8. The van der Waals surface area contributed by atoms with Crippen molar-refractivity contribution in [3.05, 3.63) is 53.6 Å². The molecule has 2 aliphatic rings. The highest BCUT2D eigenvalue weighted by Gasteiger charge is 2.29. The molecule has 0 aromatic heterocycles. The third-order valence-electron chi connectivity index (χ3n) is 6.83. The van der Waals surface area contributed by atoms with Gasteiger partial charge in [-0.25, -0.2) is 8.42 Å². The van der Waals surface area contributed by atoms with Gasteiger partial charge in [0, 0.05) is 56.2 Å². The number of benzene rings is 2. The number of aryl methyl sites for hydroxylation is 1. The van der Waals surface area contributed by atoms with E-state index in [4.69, 9.17) is 0 Å². The molecule has 1 N–H and O–H groups in total. The summed E-state index contributed by atoms with van der Waals surface area (Å²) < 4.78 is 27.8. The van der Waals surface area contributed by atoms with Gasteiger partial charge in [-0.3, -0.25) is 4.79 Å². The molecule has 2 saturated heterocycles. The van der Waals surface area contributed by atoms with Crippen molar-refractivity contribution in [3.8, 4) is 0 Å². The normalized spacial score (nSPS) is 18.9. The number of carbonyl (C=O) groups excluding carboxylic acids is 1. The molecule has 0 radical (unpaired) electrons. The van der Waals surface area contributed by atoms with Crippen LogP contribution in [-0.4, -0.2) is 69.8 Å². The van der Waals surface area contributed by atoms with Gasteiger partial charge in [-0.05, 0) is 74.7 Å². The Bertz CT molecular complexity index is 1090. The number of piperidine rings is 1. The van der Waals surface area contributed by atoms with Crippen molar-refractivity contribution in [2.45, 2.75) is 31.6 Å². The first-order chi connectivity index (χ1) is 15.7. The lowest BCUT2D eigenvalue weighted by molar-refractivity contribution is 0.102. The summed E-state index contributed by atoms with van der Waals surface area (Å²) >= 11 is 0. The van der Waals surface area contributed by atoms with E-state index in [1.165, 1.54) is 10.4 Å². The molecular formula is C25H34N4O3S. The first-order valence-electron chi connectivity index (χ1n) is 11.7. The third kappa shape index (κ3) is 5.39. The standard InChI is InChI=1S/C25H34N4O3S/c1-19-10-12-29(13-11-19)33(31,32)23-9-4-20(2)24(18-23)25(30)26-21-5-7-22(8-6-21)28-16-14-27(3)15-17-28/h4-9,18-19H,10-17H2,1-3H3,(H,26,30). The molecule has 0 atom stereocenters. The SMILES string of the molecule is Cc1ccc(S(=O)(=O)N2CCC(C)CC2)cc1C(=O)Nc1ccc(N2CCN(C)CC2)cc1. The number of hydrogen-bond donors (Lipinski definition) is 1. The summed E-state index contributed by atoms with van der Waals surface area (Å²) in [4.78, 5) is 17.9. The summed E-state index contributed by atoms with van der Waals surface area (Å²) in [6.45, 7) is 9.07. The van der Waals surface area contributed by atoms with Crippen molar-refractivity contribution in [2.24, 2.45) is 5.92 Å². The molecule has 178 valence electrons. The highest BCUT2D eigenvalue weighted by molar-refractivity contribution is 7.89. The van der Waals surface area contributed by atoms with Crippen LogP contribution >= 0.6 is 0 Å². The molecule has 0 aliphatic carbocycles. The molecule has 7 nitrogen and oxygen atoms in total. The van der Waals surface area contributed by atoms with E-state index in [9.17, 15) is 13.2 Å². The van der Waals surface area contributed by atoms with Crippen molar-refractivity contribution < 1.29 is 13.2 Å². The Balaban J connectivity index is 1.47. The highest BCUT2D eigenvalue weighted by Crippen LogP contribution is 2.26. The summed E-state index contributed by atoms with van der Waals surface area (Å²) in [5, 5.41) is 2.93. The predicted octanol–water partition coefficient (Wildman–Crippen LogP) is 3.42. The van der Waals surface area contributed by atoms with Crippen LogP contribution < -0.4 is 10.2 Å². The minimum atomic E-state index is -3.61. The van der Waals surface area contributed by atoms with Gasteiger partial charge in [0.05, 0.1) is 4.90 Å². The second-order valence-electron chi connectivity index (χ2n) is 9.35. The summed E-state index contributed by atoms with van der Waals surface area (Å²) in [7, 11) is -1.48. The van der Waals surface area contributed by atoms with Gasteiger partial charge in [0.2, 0.25) is 10.0 Å². The fourth-order valence-electron chi connectivity index (χ4n) is 4.40. The second kappa shape index (κ2) is 9.83. The van der Waals surface area contributed by atoms with E-state index in [2.05, 4.69) is 29.1 Å². The molecule has 2 aromatic carbocycles. The molecular weight excluding hydrogens is 436 g/mol. The molecule has 0 spiro atoms. The van der Waals surface area contributed by atoms with Gasteiger partial charge in [-0.2, -0.15) is 4.31 Å². The van der Waals surface area contributed by atoms with Crippen molar-refractivity contribution in [2.75, 3.05) is 56.5 Å². The number of anilines is 2. The number of carbonyl (C=O) groups is 1. The molecule has 2 heterocycles. The Hall–Kier alpha value is -2.42. The number of piperazine rings is 1. The molecule has 2 aliphatic heterocycles. The molecule has 0 unspecified atom stereocenters. The first kappa shape index (κ1) is 23.7. The zero-order chi connectivity index (χ0) is 23.6. The van der Waals surface area contributed by atoms with Crippen LogP contribution in [0.4, 0.5) is 11.4 Å². The van der Waals surface area contributed by atoms with Crippen molar-refractivity contribution in [1.29, 1.82) is 0 Å². The molecule has 33 heavy (non-hydrogen) atoms. The number of hydrogen-bond acceptors (Lipinski definition) is 5. The lowest BCUT2D eigenvalue weighted by Crippen LogP contribution is -2.44. The Morgan fingerprint density at radius 3 is 2.21 bits per heavy atom. The van der Waals surface area contributed by atoms with Crippen LogP contribution in [0.3, 0.4) is 0 Å². The zero-order valence-corrected chi connectivity index (χ0v) is 20.6. The Kier molecular flexibility index (Phi) is 7.07. The topological polar surface area (TPSA) is 73.0 Å². The Morgan fingerprint density at radius 1 is 0.939 bits per heavy atom. The molecule has 4 rings (SSSR count). The van der Waals surface area contributed by atoms with Gasteiger partial charge in [0.1, 0.15) is 0 Å². The smallest absolute Gasteiger partial charge is 0.255 e. The van der Waals surface area contributed by atoms with E-state index >= 15 is 0 Å². The number of sulfonamides is 1. The Labute approximate surface area is 197 Å². The van der Waals surface area contributed by atoms with Crippen LogP contribution in [0.15, 0.2) is 47.4 Å². The van der Waals surface area contributed by atoms with E-state index in [0.717, 1.165) is 50.3 Å². The van der Waals surface area contributed by atoms with Gasteiger partial charge in [0.25, 0.3) is 5.91 Å².